The summed E-state index contributed by atoms with van der Waals surface area (Å²) in [6.45, 7) is 5.34. The van der Waals surface area contributed by atoms with Gasteiger partial charge in [-0.05, 0) is 33.1 Å². The number of hydrogen-bond acceptors (Lipinski definition) is 6. The molecule has 0 radical (unpaired) electrons. The fraction of sp³-hybridized carbons (Fsp3) is 0.733. The Kier molecular flexibility index (Phi) is 10.8. The maximum absolute atomic E-state index is 12.3. The average Bonchev–Trinajstić information content (AvgIpc) is 2.51. The molecule has 11 nitrogen and oxygen atoms in total. The molecular formula is C15H28N3O8P. The van der Waals surface area contributed by atoms with Crippen LogP contribution in [0.3, 0.4) is 0 Å². The molecule has 1 unspecified atom stereocenters. The molecule has 0 aromatic carbocycles. The van der Waals surface area contributed by atoms with Crippen molar-refractivity contribution in [1.82, 2.24) is 16.0 Å². The number of aliphatic carboxylic acids is 1. The van der Waals surface area contributed by atoms with Crippen LogP contribution in [0.15, 0.2) is 0 Å². The zero-order valence-corrected chi connectivity index (χ0v) is 16.7. The number of carbonyl (C=O) groups is 4. The Hall–Kier alpha value is -1.97. The van der Waals surface area contributed by atoms with E-state index in [-0.39, 0.29) is 12.3 Å². The number of amides is 3. The van der Waals surface area contributed by atoms with Gasteiger partial charge in [0.15, 0.2) is 6.10 Å². The van der Waals surface area contributed by atoms with Gasteiger partial charge < -0.3 is 26.0 Å². The molecule has 156 valence electrons. The first-order chi connectivity index (χ1) is 12.4. The maximum atomic E-state index is 12.3. The van der Waals surface area contributed by atoms with Crippen molar-refractivity contribution in [2.24, 2.45) is 0 Å². The Bertz CT molecular complexity index is 598. The van der Waals surface area contributed by atoms with Crippen molar-refractivity contribution in [3.63, 3.8) is 0 Å². The van der Waals surface area contributed by atoms with Gasteiger partial charge in [-0.15, -0.1) is 0 Å². The average molecular weight is 409 g/mol. The van der Waals surface area contributed by atoms with Gasteiger partial charge >= 0.3 is 13.6 Å². The van der Waals surface area contributed by atoms with Crippen molar-refractivity contribution in [3.05, 3.63) is 0 Å². The lowest BCUT2D eigenvalue weighted by atomic mass is 10.1. The van der Waals surface area contributed by atoms with Crippen LogP contribution in [0.25, 0.3) is 0 Å². The van der Waals surface area contributed by atoms with Crippen molar-refractivity contribution in [2.75, 3.05) is 6.54 Å². The van der Waals surface area contributed by atoms with Crippen LogP contribution in [0.4, 0.5) is 0 Å². The Labute approximate surface area is 157 Å². The minimum atomic E-state index is -4.44. The Morgan fingerprint density at radius 2 is 1.63 bits per heavy atom. The minimum absolute atomic E-state index is 0.172. The fourth-order valence-corrected chi connectivity index (χ4v) is 3.02. The van der Waals surface area contributed by atoms with Crippen LogP contribution >= 0.6 is 7.60 Å². The van der Waals surface area contributed by atoms with E-state index in [9.17, 15) is 28.6 Å². The van der Waals surface area contributed by atoms with Gasteiger partial charge in [0, 0.05) is 20.4 Å². The van der Waals surface area contributed by atoms with Crippen molar-refractivity contribution >= 4 is 31.3 Å². The third-order valence-electron chi connectivity index (χ3n) is 3.48. The van der Waals surface area contributed by atoms with Crippen LogP contribution in [-0.2, 0) is 28.3 Å². The summed E-state index contributed by atoms with van der Waals surface area (Å²) in [7, 11) is -4.44. The van der Waals surface area contributed by atoms with Gasteiger partial charge in [-0.25, -0.2) is 4.79 Å². The van der Waals surface area contributed by atoms with Gasteiger partial charge in [0.05, 0.1) is 0 Å². The van der Waals surface area contributed by atoms with Gasteiger partial charge in [0.2, 0.25) is 17.7 Å². The lowest BCUT2D eigenvalue weighted by Crippen LogP contribution is -2.48. The molecule has 0 aliphatic carbocycles. The first-order valence-electron chi connectivity index (χ1n) is 8.42. The summed E-state index contributed by atoms with van der Waals surface area (Å²) in [4.78, 5) is 55.0. The topological polar surface area (TPSA) is 171 Å². The van der Waals surface area contributed by atoms with E-state index in [4.69, 9.17) is 5.11 Å². The SMILES string of the molecule is CC(=O)NCCCC[C@H](NC(C)=O)C(=O)N[C@@H](C)P(=O)(O)O[C@H](C)C(=O)O. The summed E-state index contributed by atoms with van der Waals surface area (Å²) < 4.78 is 16.7. The monoisotopic (exact) mass is 409 g/mol. The second-order valence-corrected chi connectivity index (χ2v) is 8.18. The molecule has 0 bridgehead atoms. The summed E-state index contributed by atoms with van der Waals surface area (Å²) in [5.41, 5.74) is 0. The molecular weight excluding hydrogens is 381 g/mol. The summed E-state index contributed by atoms with van der Waals surface area (Å²) in [5.74, 6) is -4.11. The van der Waals surface area contributed by atoms with Crippen LogP contribution in [-0.4, -0.2) is 58.2 Å². The van der Waals surface area contributed by atoms with Crippen LogP contribution in [0.2, 0.25) is 0 Å². The normalized spacial score (nSPS) is 16.3. The highest BCUT2D eigenvalue weighted by atomic mass is 31.2. The van der Waals surface area contributed by atoms with E-state index in [1.165, 1.54) is 20.8 Å². The fourth-order valence-electron chi connectivity index (χ4n) is 2.00. The molecule has 0 aromatic heterocycles. The minimum Gasteiger partial charge on any atom is -0.479 e. The van der Waals surface area contributed by atoms with Crippen LogP contribution in [0.5, 0.6) is 0 Å². The molecule has 0 heterocycles. The number of hydrogen-bond donors (Lipinski definition) is 5. The Morgan fingerprint density at radius 1 is 1.04 bits per heavy atom. The predicted octanol–water partition coefficient (Wildman–Crippen LogP) is -0.0652. The molecule has 0 rings (SSSR count). The molecule has 3 amide bonds. The molecule has 27 heavy (non-hydrogen) atoms. The number of nitrogens with one attached hydrogen (secondary N) is 3. The zero-order chi connectivity index (χ0) is 21.2. The van der Waals surface area contributed by atoms with Gasteiger partial charge in [-0.3, -0.25) is 23.5 Å². The molecule has 12 heteroatoms. The molecule has 5 N–H and O–H groups in total. The van der Waals surface area contributed by atoms with E-state index in [0.29, 0.717) is 19.4 Å². The van der Waals surface area contributed by atoms with Gasteiger partial charge in [-0.1, -0.05) is 0 Å². The zero-order valence-electron chi connectivity index (χ0n) is 15.9. The van der Waals surface area contributed by atoms with Gasteiger partial charge in [0.1, 0.15) is 11.8 Å². The first-order valence-corrected chi connectivity index (χ1v) is 10.1. The lowest BCUT2D eigenvalue weighted by Gasteiger charge is -2.24. The van der Waals surface area contributed by atoms with E-state index in [2.05, 4.69) is 20.5 Å². The van der Waals surface area contributed by atoms with E-state index in [1.807, 2.05) is 0 Å². The second kappa shape index (κ2) is 11.7. The van der Waals surface area contributed by atoms with Crippen LogP contribution in [0, 0.1) is 0 Å². The molecule has 0 spiro atoms. The van der Waals surface area contributed by atoms with Crippen molar-refractivity contribution in [1.29, 1.82) is 0 Å². The molecule has 0 aliphatic heterocycles. The Balaban J connectivity index is 4.77. The van der Waals surface area contributed by atoms with Crippen molar-refractivity contribution < 1.29 is 38.3 Å². The summed E-state index contributed by atoms with van der Waals surface area (Å²) in [6, 6.07) is -0.945. The third-order valence-corrected chi connectivity index (χ3v) is 5.21. The largest absolute Gasteiger partial charge is 0.479 e. The number of carboxylic acid groups (broad SMARTS) is 1. The molecule has 0 fully saturated rings. The molecule has 0 aromatic rings. The first kappa shape index (κ1) is 25.0. The van der Waals surface area contributed by atoms with E-state index in [1.54, 1.807) is 0 Å². The lowest BCUT2D eigenvalue weighted by molar-refractivity contribution is -0.144. The second-order valence-electron chi connectivity index (χ2n) is 6.07. The number of carbonyl (C=O) groups excluding carboxylic acids is 3. The quantitative estimate of drug-likeness (QED) is 0.220. The Morgan fingerprint density at radius 3 is 2.11 bits per heavy atom. The van der Waals surface area contributed by atoms with E-state index in [0.717, 1.165) is 6.92 Å². The molecule has 4 atom stereocenters. The number of carboxylic acids is 1. The molecule has 0 aliphatic rings. The maximum Gasteiger partial charge on any atom is 0.350 e. The van der Waals surface area contributed by atoms with Crippen molar-refractivity contribution in [2.45, 2.75) is 64.9 Å². The number of rotatable bonds is 12. The third kappa shape index (κ3) is 10.7. The highest BCUT2D eigenvalue weighted by molar-refractivity contribution is 7.53. The predicted molar refractivity (Wildman–Crippen MR) is 95.8 cm³/mol. The van der Waals surface area contributed by atoms with E-state index >= 15 is 0 Å². The summed E-state index contributed by atoms with van der Waals surface area (Å²) in [5, 5.41) is 16.1. The highest BCUT2D eigenvalue weighted by Gasteiger charge is 2.35. The standard InChI is InChI=1S/C15H28N3O8P/c1-9(15(22)23)26-27(24,25)12(4)18-14(21)13(17-11(3)20)7-5-6-8-16-10(2)19/h9,12-13H,5-8H2,1-4H3,(H,16,19)(H,17,20)(H,18,21)(H,22,23)(H,24,25)/t9-,12-,13+/m1/s1. The van der Waals surface area contributed by atoms with Crippen molar-refractivity contribution in [3.8, 4) is 0 Å². The molecule has 0 saturated carbocycles. The molecule has 0 saturated heterocycles. The highest BCUT2D eigenvalue weighted by Crippen LogP contribution is 2.47. The van der Waals surface area contributed by atoms with Gasteiger partial charge in [0.25, 0.3) is 0 Å². The van der Waals surface area contributed by atoms with Crippen LogP contribution < -0.4 is 16.0 Å². The van der Waals surface area contributed by atoms with Crippen LogP contribution in [0.1, 0.15) is 47.0 Å². The van der Waals surface area contributed by atoms with E-state index < -0.39 is 43.3 Å². The summed E-state index contributed by atoms with van der Waals surface area (Å²) in [6.07, 6.45) is -0.188. The summed E-state index contributed by atoms with van der Waals surface area (Å²) >= 11 is 0. The number of unbranched alkanes of at least 4 members (excludes halogenated alkanes) is 1. The smallest absolute Gasteiger partial charge is 0.350 e. The van der Waals surface area contributed by atoms with Gasteiger partial charge in [-0.2, -0.15) is 0 Å².